The van der Waals surface area contributed by atoms with Crippen LogP contribution in [0.15, 0.2) is 0 Å². The van der Waals surface area contributed by atoms with Gasteiger partial charge in [-0.3, -0.25) is 4.79 Å². The third-order valence-corrected chi connectivity index (χ3v) is 4.40. The van der Waals surface area contributed by atoms with E-state index in [0.29, 0.717) is 6.42 Å². The summed E-state index contributed by atoms with van der Waals surface area (Å²) in [6.07, 6.45) is 3.01. The second-order valence-corrected chi connectivity index (χ2v) is 5.94. The van der Waals surface area contributed by atoms with Crippen molar-refractivity contribution < 1.29 is 4.79 Å². The van der Waals surface area contributed by atoms with Gasteiger partial charge in [0.25, 0.3) is 0 Å². The van der Waals surface area contributed by atoms with Gasteiger partial charge < -0.3 is 10.2 Å². The molecule has 0 atom stereocenters. The molecule has 0 saturated carbocycles. The van der Waals surface area contributed by atoms with E-state index in [9.17, 15) is 4.79 Å². The van der Waals surface area contributed by atoms with Crippen molar-refractivity contribution in [1.82, 2.24) is 10.2 Å². The zero-order valence-electron chi connectivity index (χ0n) is 9.99. The number of hydrogen-bond acceptors (Lipinski definition) is 3. The smallest absolute Gasteiger partial charge is 0.220 e. The lowest BCUT2D eigenvalue weighted by Crippen LogP contribution is -2.35. The Bertz CT molecular complexity index is 250. The maximum atomic E-state index is 11.0. The fourth-order valence-corrected chi connectivity index (χ4v) is 2.90. The minimum Gasteiger partial charge on any atom is -0.359 e. The van der Waals surface area contributed by atoms with E-state index < -0.39 is 0 Å². The number of likely N-dealkylation sites (tertiary alicyclic amines) is 1. The van der Waals surface area contributed by atoms with Gasteiger partial charge in [-0.25, -0.2) is 0 Å². The van der Waals surface area contributed by atoms with Crippen LogP contribution in [0.1, 0.15) is 26.2 Å². The number of carbonyl (C=O) groups excluding carboxylic acids is 1. The fraction of sp³-hybridized carbons (Fsp3) is 0.818. The molecule has 0 radical (unpaired) electrons. The molecule has 0 unspecified atom stereocenters. The molecule has 1 fully saturated rings. The van der Waals surface area contributed by atoms with Crippen LogP contribution in [0.25, 0.3) is 0 Å². The molecule has 0 aromatic heterocycles. The Morgan fingerprint density at radius 1 is 1.50 bits per heavy atom. The molecule has 3 nitrogen and oxygen atoms in total. The molecule has 1 rings (SSSR count). The monoisotopic (exact) mass is 260 g/mol. The Kier molecular flexibility index (Phi) is 6.13. The summed E-state index contributed by atoms with van der Waals surface area (Å²) in [5, 5.41) is 2.61. The van der Waals surface area contributed by atoms with Crippen molar-refractivity contribution in [3.05, 3.63) is 0 Å². The summed E-state index contributed by atoms with van der Waals surface area (Å²) in [6, 6.07) is 0. The van der Waals surface area contributed by atoms with Gasteiger partial charge in [0, 0.05) is 32.3 Å². The first-order chi connectivity index (χ1) is 7.63. The summed E-state index contributed by atoms with van der Waals surface area (Å²) in [6.45, 7) is 4.44. The third-order valence-electron chi connectivity index (χ3n) is 2.88. The molecule has 0 aromatic carbocycles. The van der Waals surface area contributed by atoms with E-state index in [1.165, 1.54) is 12.8 Å². The highest BCUT2D eigenvalue weighted by Crippen LogP contribution is 2.20. The first-order valence-corrected chi connectivity index (χ1v) is 7.15. The predicted molar refractivity (Wildman–Crippen MR) is 73.7 cm³/mol. The standard InChI is InChI=1S/C11H20N2OS2/c1-9-3-6-13(7-4-9)11(15)16-8-5-10(14)12-2/h9H,3-8H2,1-2H3,(H,12,14). The molecule has 0 spiro atoms. The highest BCUT2D eigenvalue weighted by atomic mass is 32.2. The highest BCUT2D eigenvalue weighted by molar-refractivity contribution is 8.22. The average Bonchev–Trinajstić information content (AvgIpc) is 2.29. The zero-order chi connectivity index (χ0) is 12.0. The van der Waals surface area contributed by atoms with E-state index in [1.54, 1.807) is 18.8 Å². The lowest BCUT2D eigenvalue weighted by Gasteiger charge is -2.31. The van der Waals surface area contributed by atoms with Gasteiger partial charge in [-0.05, 0) is 18.8 Å². The van der Waals surface area contributed by atoms with Crippen molar-refractivity contribution in [3.8, 4) is 0 Å². The molecular formula is C11H20N2OS2. The quantitative estimate of drug-likeness (QED) is 0.785. The molecule has 1 aliphatic heterocycles. The highest BCUT2D eigenvalue weighted by Gasteiger charge is 2.17. The third kappa shape index (κ3) is 4.70. The Balaban J connectivity index is 2.17. The molecule has 5 heteroatoms. The van der Waals surface area contributed by atoms with Crippen molar-refractivity contribution >= 4 is 34.2 Å². The minimum atomic E-state index is 0.0857. The van der Waals surface area contributed by atoms with Gasteiger partial charge in [-0.15, -0.1) is 0 Å². The van der Waals surface area contributed by atoms with E-state index >= 15 is 0 Å². The van der Waals surface area contributed by atoms with Crippen LogP contribution in [0.2, 0.25) is 0 Å². The normalized spacial score (nSPS) is 17.2. The zero-order valence-corrected chi connectivity index (χ0v) is 11.6. The summed E-state index contributed by atoms with van der Waals surface area (Å²) in [4.78, 5) is 13.3. The van der Waals surface area contributed by atoms with Crippen molar-refractivity contribution in [2.75, 3.05) is 25.9 Å². The Morgan fingerprint density at radius 3 is 2.69 bits per heavy atom. The molecule has 0 aromatic rings. The molecule has 16 heavy (non-hydrogen) atoms. The lowest BCUT2D eigenvalue weighted by molar-refractivity contribution is -0.120. The Morgan fingerprint density at radius 2 is 2.12 bits per heavy atom. The maximum Gasteiger partial charge on any atom is 0.220 e. The van der Waals surface area contributed by atoms with Crippen LogP contribution < -0.4 is 5.32 Å². The number of carbonyl (C=O) groups is 1. The van der Waals surface area contributed by atoms with Crippen molar-refractivity contribution in [1.29, 1.82) is 0 Å². The van der Waals surface area contributed by atoms with Gasteiger partial charge >= 0.3 is 0 Å². The first-order valence-electron chi connectivity index (χ1n) is 5.75. The molecule has 0 aliphatic carbocycles. The summed E-state index contributed by atoms with van der Waals surface area (Å²) in [5.41, 5.74) is 0. The second-order valence-electron chi connectivity index (χ2n) is 4.21. The van der Waals surface area contributed by atoms with Crippen LogP contribution in [0.5, 0.6) is 0 Å². The van der Waals surface area contributed by atoms with Gasteiger partial charge in [0.15, 0.2) is 0 Å². The van der Waals surface area contributed by atoms with Gasteiger partial charge in [0.1, 0.15) is 4.32 Å². The van der Waals surface area contributed by atoms with Crippen molar-refractivity contribution in [3.63, 3.8) is 0 Å². The number of rotatable bonds is 3. The van der Waals surface area contributed by atoms with E-state index in [1.807, 2.05) is 0 Å². The van der Waals surface area contributed by atoms with E-state index in [4.69, 9.17) is 12.2 Å². The van der Waals surface area contributed by atoms with Crippen LogP contribution in [0.3, 0.4) is 0 Å². The minimum absolute atomic E-state index is 0.0857. The van der Waals surface area contributed by atoms with E-state index in [2.05, 4.69) is 17.1 Å². The van der Waals surface area contributed by atoms with Crippen molar-refractivity contribution in [2.45, 2.75) is 26.2 Å². The topological polar surface area (TPSA) is 32.3 Å². The molecule has 1 saturated heterocycles. The van der Waals surface area contributed by atoms with Gasteiger partial charge in [-0.1, -0.05) is 30.9 Å². The molecule has 1 N–H and O–H groups in total. The largest absolute Gasteiger partial charge is 0.359 e. The molecule has 1 amide bonds. The summed E-state index contributed by atoms with van der Waals surface area (Å²) >= 11 is 6.98. The molecular weight excluding hydrogens is 240 g/mol. The van der Waals surface area contributed by atoms with Crippen LogP contribution in [-0.4, -0.2) is 41.0 Å². The maximum absolute atomic E-state index is 11.0. The van der Waals surface area contributed by atoms with Crippen LogP contribution in [0, 0.1) is 5.92 Å². The lowest BCUT2D eigenvalue weighted by atomic mass is 10.00. The Labute approximate surface area is 107 Å². The molecule has 92 valence electrons. The van der Waals surface area contributed by atoms with Crippen LogP contribution in [-0.2, 0) is 4.79 Å². The number of hydrogen-bond donors (Lipinski definition) is 1. The van der Waals surface area contributed by atoms with Crippen LogP contribution >= 0.6 is 24.0 Å². The number of piperidine rings is 1. The number of thiocarbonyl (C=S) groups is 1. The fourth-order valence-electron chi connectivity index (χ4n) is 1.64. The summed E-state index contributed by atoms with van der Waals surface area (Å²) in [5.74, 6) is 1.70. The summed E-state index contributed by atoms with van der Waals surface area (Å²) < 4.78 is 0.954. The van der Waals surface area contributed by atoms with Gasteiger partial charge in [-0.2, -0.15) is 0 Å². The Hall–Kier alpha value is -0.290. The average molecular weight is 260 g/mol. The SMILES string of the molecule is CNC(=O)CCSC(=S)N1CCC(C)CC1. The number of nitrogens with zero attached hydrogens (tertiary/aromatic N) is 1. The van der Waals surface area contributed by atoms with Gasteiger partial charge in [0.2, 0.25) is 5.91 Å². The van der Waals surface area contributed by atoms with E-state index in [0.717, 1.165) is 29.1 Å². The second kappa shape index (κ2) is 7.12. The van der Waals surface area contributed by atoms with Gasteiger partial charge in [0.05, 0.1) is 0 Å². The predicted octanol–water partition coefficient (Wildman–Crippen LogP) is 1.87. The number of amides is 1. The molecule has 1 aliphatic rings. The number of thioether (sulfide) groups is 1. The number of nitrogens with one attached hydrogen (secondary N) is 1. The van der Waals surface area contributed by atoms with Crippen molar-refractivity contribution in [2.24, 2.45) is 5.92 Å². The molecule has 1 heterocycles. The first kappa shape index (κ1) is 13.8. The van der Waals surface area contributed by atoms with E-state index in [-0.39, 0.29) is 5.91 Å². The summed E-state index contributed by atoms with van der Waals surface area (Å²) in [7, 11) is 1.66. The molecule has 0 bridgehead atoms. The van der Waals surface area contributed by atoms with Crippen LogP contribution in [0.4, 0.5) is 0 Å².